The van der Waals surface area contributed by atoms with Gasteiger partial charge in [-0.2, -0.15) is 0 Å². The van der Waals surface area contributed by atoms with Crippen LogP contribution in [0.5, 0.6) is 0 Å². The van der Waals surface area contributed by atoms with Gasteiger partial charge in [-0.3, -0.25) is 19.2 Å². The van der Waals surface area contributed by atoms with Crippen LogP contribution in [0, 0.1) is 10.8 Å². The van der Waals surface area contributed by atoms with E-state index in [9.17, 15) is 24.0 Å². The van der Waals surface area contributed by atoms with E-state index in [1.54, 1.807) is 62.4 Å². The van der Waals surface area contributed by atoms with Crippen molar-refractivity contribution in [3.05, 3.63) is 65.2 Å². The van der Waals surface area contributed by atoms with Gasteiger partial charge in [-0.15, -0.1) is 5.06 Å². The fourth-order valence-corrected chi connectivity index (χ4v) is 6.92. The first-order chi connectivity index (χ1) is 22.5. The molecule has 4 amide bonds. The van der Waals surface area contributed by atoms with E-state index in [-0.39, 0.29) is 43.2 Å². The van der Waals surface area contributed by atoms with Crippen LogP contribution in [0.4, 0.5) is 10.5 Å². The zero-order valence-corrected chi connectivity index (χ0v) is 28.8. The molecule has 0 saturated carbocycles. The number of para-hydroxylation sites is 1. The van der Waals surface area contributed by atoms with Crippen LogP contribution in [0.25, 0.3) is 11.4 Å². The number of nitrogens with two attached hydrogens (primary N) is 2. The van der Waals surface area contributed by atoms with Gasteiger partial charge in [0.1, 0.15) is 0 Å². The highest BCUT2D eigenvalue weighted by Crippen LogP contribution is 2.41. The number of benzene rings is 2. The lowest BCUT2D eigenvalue weighted by molar-refractivity contribution is -0.283. The molecule has 2 saturated heterocycles. The monoisotopic (exact) mass is 679 g/mol. The second-order valence-corrected chi connectivity index (χ2v) is 15.0. The number of carbonyl (C=O) groups is 5. The van der Waals surface area contributed by atoms with Crippen molar-refractivity contribution >= 4 is 55.0 Å². The van der Waals surface area contributed by atoms with E-state index in [1.165, 1.54) is 5.01 Å². The molecule has 14 heteroatoms. The predicted octanol–water partition coefficient (Wildman–Crippen LogP) is 4.22. The summed E-state index contributed by atoms with van der Waals surface area (Å²) in [5, 5.41) is 2.04. The minimum Gasteiger partial charge on any atom is -0.396 e. The highest BCUT2D eigenvalue weighted by atomic mass is 31.1. The summed E-state index contributed by atoms with van der Waals surface area (Å²) in [6, 6.07) is 13.8. The Morgan fingerprint density at radius 2 is 1.50 bits per heavy atom. The number of fused-ring (bicyclic) bond motifs is 2. The number of hydrogen-bond acceptors (Lipinski definition) is 11. The van der Waals surface area contributed by atoms with Gasteiger partial charge in [0.15, 0.2) is 5.79 Å². The van der Waals surface area contributed by atoms with Crippen molar-refractivity contribution in [1.29, 1.82) is 0 Å². The van der Waals surface area contributed by atoms with Crippen LogP contribution in [0.3, 0.4) is 0 Å². The average Bonchev–Trinajstić information content (AvgIpc) is 3.35. The lowest BCUT2D eigenvalue weighted by Crippen LogP contribution is -2.52. The zero-order chi connectivity index (χ0) is 35.0. The summed E-state index contributed by atoms with van der Waals surface area (Å²) < 4.78 is 11.9. The highest BCUT2D eigenvalue weighted by Gasteiger charge is 2.42. The summed E-state index contributed by atoms with van der Waals surface area (Å²) in [5.74, 6) is 3.94. The Labute approximate surface area is 281 Å². The minimum absolute atomic E-state index is 0.00379. The van der Waals surface area contributed by atoms with Crippen molar-refractivity contribution in [1.82, 2.24) is 10.1 Å². The van der Waals surface area contributed by atoms with Gasteiger partial charge in [0.2, 0.25) is 5.91 Å². The molecule has 3 aliphatic rings. The van der Waals surface area contributed by atoms with Crippen LogP contribution in [-0.4, -0.2) is 71.1 Å². The SMILES string of the molecule is CC1(CN(N)/C2=C(\N)c3ccccc3C(=O)N(C(=O)C(C)(C)CCPC(=O)ON3C(=O)CCC3=O)c3ccccc32)COC(C)(C)OC1. The molecule has 3 heterocycles. The summed E-state index contributed by atoms with van der Waals surface area (Å²) in [5.41, 5.74) is 6.64. The van der Waals surface area contributed by atoms with Crippen molar-refractivity contribution in [2.24, 2.45) is 22.4 Å². The van der Waals surface area contributed by atoms with Crippen LogP contribution in [0.2, 0.25) is 0 Å². The average molecular weight is 680 g/mol. The maximum absolute atomic E-state index is 14.5. The summed E-state index contributed by atoms with van der Waals surface area (Å²) >= 11 is 0. The summed E-state index contributed by atoms with van der Waals surface area (Å²) in [6.07, 6.45) is 0.423. The van der Waals surface area contributed by atoms with Crippen molar-refractivity contribution in [3.8, 4) is 0 Å². The van der Waals surface area contributed by atoms with Crippen molar-refractivity contribution in [3.63, 3.8) is 0 Å². The molecular weight excluding hydrogens is 637 g/mol. The fraction of sp³-hybridized carbons (Fsp3) is 0.441. The van der Waals surface area contributed by atoms with Gasteiger partial charge >= 0.3 is 5.71 Å². The Hall–Kier alpha value is -4.16. The molecule has 0 aromatic heterocycles. The van der Waals surface area contributed by atoms with Gasteiger partial charge in [0, 0.05) is 46.9 Å². The van der Waals surface area contributed by atoms with Gasteiger partial charge in [0.05, 0.1) is 30.3 Å². The molecule has 2 fully saturated rings. The van der Waals surface area contributed by atoms with E-state index < -0.39 is 54.5 Å². The predicted molar refractivity (Wildman–Crippen MR) is 180 cm³/mol. The maximum Gasteiger partial charge on any atom is 0.349 e. The largest absolute Gasteiger partial charge is 0.396 e. The number of amides is 4. The maximum atomic E-state index is 14.5. The molecular formula is C34H42N5O8P. The van der Waals surface area contributed by atoms with Gasteiger partial charge in [-0.05, 0) is 47.1 Å². The van der Waals surface area contributed by atoms with E-state index in [2.05, 4.69) is 0 Å². The van der Waals surface area contributed by atoms with E-state index in [1.807, 2.05) is 20.8 Å². The number of hydroxylamine groups is 2. The molecule has 1 unspecified atom stereocenters. The van der Waals surface area contributed by atoms with E-state index in [4.69, 9.17) is 25.9 Å². The number of ether oxygens (including phenoxy) is 2. The minimum atomic E-state index is -1.13. The second-order valence-electron chi connectivity index (χ2n) is 13.7. The van der Waals surface area contributed by atoms with Crippen molar-refractivity contribution < 1.29 is 38.3 Å². The fourth-order valence-electron chi connectivity index (χ4n) is 5.81. The number of hydrazine groups is 1. The quantitative estimate of drug-likeness (QED) is 0.168. The third kappa shape index (κ3) is 7.14. The van der Waals surface area contributed by atoms with Crippen LogP contribution < -0.4 is 16.5 Å². The first-order valence-corrected chi connectivity index (χ1v) is 16.9. The summed E-state index contributed by atoms with van der Waals surface area (Å²) in [6.45, 7) is 10.2. The standard InChI is InChI=1S/C34H42N5O8P/c1-32(2,16-17-48-31(44)47-39-25(40)14-15-26(39)41)30(43)38-24-13-9-8-12-23(24)28(27(35)21-10-6-7-11-22(21)29(38)42)37(36)18-34(5)19-45-33(3,4)46-20-34/h6-13,48H,14-20,35-36H2,1-5H3/b28-27-. The summed E-state index contributed by atoms with van der Waals surface area (Å²) in [4.78, 5) is 71.1. The molecule has 3 aliphatic heterocycles. The Bertz CT molecular complexity index is 1660. The molecule has 0 radical (unpaired) electrons. The van der Waals surface area contributed by atoms with Crippen LogP contribution in [-0.2, 0) is 28.7 Å². The molecule has 256 valence electrons. The smallest absolute Gasteiger partial charge is 0.349 e. The van der Waals surface area contributed by atoms with Gasteiger partial charge < -0.3 is 25.1 Å². The van der Waals surface area contributed by atoms with E-state index >= 15 is 0 Å². The van der Waals surface area contributed by atoms with Gasteiger partial charge in [-0.1, -0.05) is 57.2 Å². The molecule has 0 bridgehead atoms. The Morgan fingerprint density at radius 1 is 0.938 bits per heavy atom. The molecule has 4 N–H and O–H groups in total. The topological polar surface area (TPSA) is 175 Å². The number of carbonyl (C=O) groups excluding carboxylic acids is 5. The van der Waals surface area contributed by atoms with Crippen LogP contribution in [0.1, 0.15) is 75.4 Å². The molecule has 0 aliphatic carbocycles. The van der Waals surface area contributed by atoms with Crippen molar-refractivity contribution in [2.75, 3.05) is 30.8 Å². The lowest BCUT2D eigenvalue weighted by atomic mass is 9.86. The molecule has 1 atom stereocenters. The van der Waals surface area contributed by atoms with Crippen LogP contribution in [0.15, 0.2) is 48.5 Å². The first-order valence-electron chi connectivity index (χ1n) is 15.7. The zero-order valence-electron chi connectivity index (χ0n) is 27.8. The lowest BCUT2D eigenvalue weighted by Gasteiger charge is -2.44. The number of nitrogens with zero attached hydrogens (tertiary/aromatic N) is 3. The first kappa shape index (κ1) is 35.2. The van der Waals surface area contributed by atoms with E-state index in [0.29, 0.717) is 40.8 Å². The third-order valence-corrected chi connectivity index (χ3v) is 9.54. The normalized spacial score (nSPS) is 20.8. The molecule has 2 aromatic rings. The molecule has 13 nitrogen and oxygen atoms in total. The number of imide groups is 2. The molecule has 2 aromatic carbocycles. The third-order valence-electron chi connectivity index (χ3n) is 8.66. The Balaban J connectivity index is 1.45. The van der Waals surface area contributed by atoms with Crippen molar-refractivity contribution in [2.45, 2.75) is 59.7 Å². The Morgan fingerprint density at radius 3 is 2.12 bits per heavy atom. The second kappa shape index (κ2) is 13.4. The molecule has 0 spiro atoms. The van der Waals surface area contributed by atoms with Gasteiger partial charge in [-0.25, -0.2) is 15.5 Å². The van der Waals surface area contributed by atoms with Gasteiger partial charge in [0.25, 0.3) is 17.7 Å². The summed E-state index contributed by atoms with van der Waals surface area (Å²) in [7, 11) is -0.434. The number of hydrogen-bond donors (Lipinski definition) is 2. The highest BCUT2D eigenvalue weighted by molar-refractivity contribution is 7.57. The number of rotatable bonds is 9. The van der Waals surface area contributed by atoms with E-state index in [0.717, 1.165) is 4.90 Å². The molecule has 5 rings (SSSR count). The molecule has 48 heavy (non-hydrogen) atoms. The Kier molecular flexibility index (Phi) is 9.81. The number of anilines is 1. The van der Waals surface area contributed by atoms with Crippen LogP contribution >= 0.6 is 8.58 Å².